The van der Waals surface area contributed by atoms with Gasteiger partial charge in [0.1, 0.15) is 5.69 Å². The first-order valence-corrected chi connectivity index (χ1v) is 5.14. The van der Waals surface area contributed by atoms with E-state index in [1.165, 1.54) is 10.7 Å². The Bertz CT molecular complexity index is 564. The Morgan fingerprint density at radius 1 is 1.29 bits per heavy atom. The molecule has 0 spiro atoms. The number of aldehydes is 1. The Hall–Kier alpha value is -2.04. The topological polar surface area (TPSA) is 34.9 Å². The molecule has 0 atom stereocenters. The third-order valence-corrected chi connectivity index (χ3v) is 2.45. The van der Waals surface area contributed by atoms with Crippen molar-refractivity contribution in [2.24, 2.45) is 0 Å². The molecule has 0 radical (unpaired) electrons. The Balaban J connectivity index is 2.49. The summed E-state index contributed by atoms with van der Waals surface area (Å²) in [5.74, 6) is -1.83. The number of halogens is 2. The monoisotopic (exact) mass is 236 g/mol. The summed E-state index contributed by atoms with van der Waals surface area (Å²) < 4.78 is 27.3. The molecule has 0 aliphatic heterocycles. The molecule has 0 N–H and O–H groups in total. The molecule has 17 heavy (non-hydrogen) atoms. The van der Waals surface area contributed by atoms with Gasteiger partial charge >= 0.3 is 0 Å². The Morgan fingerprint density at radius 2 is 2.06 bits per heavy atom. The molecule has 0 aliphatic rings. The van der Waals surface area contributed by atoms with Crippen molar-refractivity contribution in [3.8, 4) is 11.3 Å². The molecule has 0 amide bonds. The van der Waals surface area contributed by atoms with E-state index in [1.54, 1.807) is 6.07 Å². The third-order valence-electron chi connectivity index (χ3n) is 2.45. The highest BCUT2D eigenvalue weighted by Gasteiger charge is 2.10. The molecule has 0 saturated heterocycles. The smallest absolute Gasteiger partial charge is 0.168 e. The predicted molar refractivity (Wildman–Crippen MR) is 58.6 cm³/mol. The summed E-state index contributed by atoms with van der Waals surface area (Å²) >= 11 is 0. The van der Waals surface area contributed by atoms with Gasteiger partial charge in [-0.15, -0.1) is 0 Å². The molecule has 3 nitrogen and oxygen atoms in total. The van der Waals surface area contributed by atoms with Gasteiger partial charge in [-0.2, -0.15) is 5.10 Å². The minimum Gasteiger partial charge on any atom is -0.296 e. The minimum absolute atomic E-state index is 0.409. The molecule has 0 unspecified atom stereocenters. The lowest BCUT2D eigenvalue weighted by molar-refractivity contribution is 0.111. The number of aryl methyl sites for hydroxylation is 1. The van der Waals surface area contributed by atoms with Gasteiger partial charge in [0.2, 0.25) is 0 Å². The lowest BCUT2D eigenvalue weighted by Crippen LogP contribution is -2.01. The van der Waals surface area contributed by atoms with E-state index in [-0.39, 0.29) is 0 Å². The first-order valence-electron chi connectivity index (χ1n) is 5.14. The van der Waals surface area contributed by atoms with E-state index in [9.17, 15) is 13.6 Å². The van der Waals surface area contributed by atoms with Crippen molar-refractivity contribution in [2.45, 2.75) is 13.5 Å². The van der Waals surface area contributed by atoms with Crippen molar-refractivity contribution in [1.82, 2.24) is 9.78 Å². The van der Waals surface area contributed by atoms with Crippen molar-refractivity contribution < 1.29 is 13.6 Å². The highest BCUT2D eigenvalue weighted by molar-refractivity contribution is 5.75. The third kappa shape index (κ3) is 2.08. The molecule has 1 aromatic carbocycles. The van der Waals surface area contributed by atoms with Crippen LogP contribution in [0, 0.1) is 11.6 Å². The van der Waals surface area contributed by atoms with E-state index in [0.717, 1.165) is 12.1 Å². The Labute approximate surface area is 96.7 Å². The molecule has 1 aromatic heterocycles. The van der Waals surface area contributed by atoms with Gasteiger partial charge in [0.05, 0.1) is 5.69 Å². The van der Waals surface area contributed by atoms with E-state index in [4.69, 9.17) is 0 Å². The molecule has 88 valence electrons. The fourth-order valence-electron chi connectivity index (χ4n) is 1.58. The van der Waals surface area contributed by atoms with Gasteiger partial charge in [-0.05, 0) is 31.2 Å². The summed E-state index contributed by atoms with van der Waals surface area (Å²) in [6, 6.07) is 5.07. The average molecular weight is 236 g/mol. The van der Waals surface area contributed by atoms with Crippen LogP contribution in [0.2, 0.25) is 0 Å². The van der Waals surface area contributed by atoms with Crippen LogP contribution in [0.15, 0.2) is 24.3 Å². The quantitative estimate of drug-likeness (QED) is 0.768. The fraction of sp³-hybridized carbons (Fsp3) is 0.167. The zero-order chi connectivity index (χ0) is 12.4. The average Bonchev–Trinajstić information content (AvgIpc) is 2.75. The molecule has 2 rings (SSSR count). The van der Waals surface area contributed by atoms with Gasteiger partial charge in [-0.3, -0.25) is 9.48 Å². The summed E-state index contributed by atoms with van der Waals surface area (Å²) in [7, 11) is 0. The summed E-state index contributed by atoms with van der Waals surface area (Å²) in [5, 5.41) is 4.14. The second kappa shape index (κ2) is 4.45. The maximum Gasteiger partial charge on any atom is 0.168 e. The maximum absolute atomic E-state index is 13.1. The van der Waals surface area contributed by atoms with Crippen LogP contribution in [-0.4, -0.2) is 16.1 Å². The minimum atomic E-state index is -0.929. The number of aromatic nitrogens is 2. The predicted octanol–water partition coefficient (Wildman–Crippen LogP) is 2.66. The highest BCUT2D eigenvalue weighted by atomic mass is 19.2. The first-order chi connectivity index (χ1) is 8.15. The summed E-state index contributed by atoms with van der Waals surface area (Å²) in [6.45, 7) is 2.38. The number of rotatable bonds is 3. The van der Waals surface area contributed by atoms with Gasteiger partial charge in [0.25, 0.3) is 0 Å². The molecule has 0 bridgehead atoms. The van der Waals surface area contributed by atoms with Crippen LogP contribution in [0.5, 0.6) is 0 Å². The summed E-state index contributed by atoms with van der Waals surface area (Å²) in [6.07, 6.45) is 0.680. The number of carbonyl (C=O) groups excluding carboxylic acids is 1. The van der Waals surface area contributed by atoms with Crippen LogP contribution in [0.4, 0.5) is 8.78 Å². The standard InChI is InChI=1S/C12H10F2N2O/c1-2-16-9(7-17)6-12(15-16)8-3-4-10(13)11(14)5-8/h3-7H,2H2,1H3. The lowest BCUT2D eigenvalue weighted by Gasteiger charge is -1.98. The van der Waals surface area contributed by atoms with Crippen LogP contribution >= 0.6 is 0 Å². The van der Waals surface area contributed by atoms with Crippen molar-refractivity contribution in [1.29, 1.82) is 0 Å². The van der Waals surface area contributed by atoms with Crippen LogP contribution in [0.3, 0.4) is 0 Å². The lowest BCUT2D eigenvalue weighted by atomic mass is 10.1. The van der Waals surface area contributed by atoms with Crippen molar-refractivity contribution in [2.75, 3.05) is 0 Å². The van der Waals surface area contributed by atoms with Crippen LogP contribution < -0.4 is 0 Å². The second-order valence-electron chi connectivity index (χ2n) is 3.52. The van der Waals surface area contributed by atoms with Gasteiger partial charge in [0, 0.05) is 12.1 Å². The molecule has 5 heteroatoms. The number of hydrogen-bond acceptors (Lipinski definition) is 2. The number of carbonyl (C=O) groups is 1. The molecule has 0 saturated carbocycles. The van der Waals surface area contributed by atoms with Crippen LogP contribution in [-0.2, 0) is 6.54 Å². The SMILES string of the molecule is CCn1nc(-c2ccc(F)c(F)c2)cc1C=O. The number of nitrogens with zero attached hydrogens (tertiary/aromatic N) is 2. The van der Waals surface area contributed by atoms with Crippen LogP contribution in [0.1, 0.15) is 17.4 Å². The Kier molecular flexibility index (Phi) is 2.99. The molecular formula is C12H10F2N2O. The number of hydrogen-bond donors (Lipinski definition) is 0. The van der Waals surface area contributed by atoms with Crippen molar-refractivity contribution in [3.05, 3.63) is 41.6 Å². The largest absolute Gasteiger partial charge is 0.296 e. The van der Waals surface area contributed by atoms with E-state index < -0.39 is 11.6 Å². The van der Waals surface area contributed by atoms with Crippen molar-refractivity contribution >= 4 is 6.29 Å². The van der Waals surface area contributed by atoms with Gasteiger partial charge in [-0.1, -0.05) is 0 Å². The maximum atomic E-state index is 13.1. The van der Waals surface area contributed by atoms with E-state index in [1.807, 2.05) is 6.92 Å². The zero-order valence-electron chi connectivity index (χ0n) is 9.15. The summed E-state index contributed by atoms with van der Waals surface area (Å²) in [5.41, 5.74) is 1.30. The molecule has 2 aromatic rings. The summed E-state index contributed by atoms with van der Waals surface area (Å²) in [4.78, 5) is 10.8. The van der Waals surface area contributed by atoms with E-state index in [2.05, 4.69) is 5.10 Å². The van der Waals surface area contributed by atoms with Gasteiger partial charge in [0.15, 0.2) is 17.9 Å². The van der Waals surface area contributed by atoms with Gasteiger partial charge < -0.3 is 0 Å². The highest BCUT2D eigenvalue weighted by Crippen LogP contribution is 2.20. The normalized spacial score (nSPS) is 10.5. The van der Waals surface area contributed by atoms with Crippen molar-refractivity contribution in [3.63, 3.8) is 0 Å². The number of benzene rings is 1. The molecule has 0 aliphatic carbocycles. The Morgan fingerprint density at radius 3 is 2.59 bits per heavy atom. The molecule has 1 heterocycles. The second-order valence-corrected chi connectivity index (χ2v) is 3.52. The fourth-order valence-corrected chi connectivity index (χ4v) is 1.58. The van der Waals surface area contributed by atoms with Gasteiger partial charge in [-0.25, -0.2) is 8.78 Å². The van der Waals surface area contributed by atoms with Crippen LogP contribution in [0.25, 0.3) is 11.3 Å². The molecular weight excluding hydrogens is 226 g/mol. The van der Waals surface area contributed by atoms with E-state index >= 15 is 0 Å². The molecule has 0 fully saturated rings. The van der Waals surface area contributed by atoms with E-state index in [0.29, 0.717) is 29.8 Å². The first kappa shape index (κ1) is 11.4. The zero-order valence-corrected chi connectivity index (χ0v) is 9.15.